The number of aliphatic hydroxyl groups is 2. The first kappa shape index (κ1) is 34.4. The molecule has 2 heterocycles. The second-order valence-electron chi connectivity index (χ2n) is 9.65. The van der Waals surface area contributed by atoms with Crippen LogP contribution in [0.1, 0.15) is 72.0 Å². The predicted molar refractivity (Wildman–Crippen MR) is 142 cm³/mol. The standard InChI is InChI=1S/C27H30F4N4O5.Na.H/c1-15(2)24-22(10-9-20(36)11-21(37)12-23(38)39)35(19-7-4-17(28)5-8-19)34-25(24)26(40)33-14-18-6-3-16(13-32-18)27(29,30)31;;/h3-8,13,15,20-21,36-37H,9-12,14H2,1-2H3,(H,33,40)(H,38,39);;/t20-,21-;;/m1../s1. The minimum atomic E-state index is -4.54. The molecule has 0 saturated heterocycles. The fourth-order valence-electron chi connectivity index (χ4n) is 4.25. The van der Waals surface area contributed by atoms with Gasteiger partial charge in [0.15, 0.2) is 5.69 Å². The van der Waals surface area contributed by atoms with Crippen molar-refractivity contribution in [1.29, 1.82) is 0 Å². The van der Waals surface area contributed by atoms with Crippen molar-refractivity contribution in [2.24, 2.45) is 0 Å². The van der Waals surface area contributed by atoms with Crippen molar-refractivity contribution in [3.05, 3.63) is 76.6 Å². The van der Waals surface area contributed by atoms with Gasteiger partial charge in [0.25, 0.3) is 5.91 Å². The van der Waals surface area contributed by atoms with Crippen molar-refractivity contribution in [3.63, 3.8) is 0 Å². The third-order valence-electron chi connectivity index (χ3n) is 6.14. The number of amides is 1. The number of aromatic nitrogens is 3. The average Bonchev–Trinajstić information content (AvgIpc) is 3.25. The molecular weight excluding hydrogens is 559 g/mol. The molecule has 9 nitrogen and oxygen atoms in total. The van der Waals surface area contributed by atoms with Crippen molar-refractivity contribution < 1.29 is 42.5 Å². The van der Waals surface area contributed by atoms with Crippen LogP contribution in [0.2, 0.25) is 0 Å². The predicted octanol–water partition coefficient (Wildman–Crippen LogP) is 3.35. The number of nitrogens with one attached hydrogen (secondary N) is 1. The number of aliphatic carboxylic acids is 1. The second-order valence-corrected chi connectivity index (χ2v) is 9.65. The van der Waals surface area contributed by atoms with E-state index in [2.05, 4.69) is 15.4 Å². The number of aliphatic hydroxyl groups excluding tert-OH is 2. The molecule has 0 aliphatic carbocycles. The van der Waals surface area contributed by atoms with E-state index in [-0.39, 0.29) is 72.7 Å². The van der Waals surface area contributed by atoms with Crippen LogP contribution in [-0.4, -0.2) is 83.7 Å². The molecule has 0 radical (unpaired) electrons. The molecule has 0 bridgehead atoms. The van der Waals surface area contributed by atoms with Gasteiger partial charge in [-0.05, 0) is 61.6 Å². The first-order valence-corrected chi connectivity index (χ1v) is 12.5. The Morgan fingerprint density at radius 1 is 1.05 bits per heavy atom. The van der Waals surface area contributed by atoms with Gasteiger partial charge < -0.3 is 20.6 Å². The van der Waals surface area contributed by atoms with Gasteiger partial charge in [-0.15, -0.1) is 0 Å². The maximum absolute atomic E-state index is 13.6. The first-order valence-electron chi connectivity index (χ1n) is 12.5. The molecule has 1 aromatic carbocycles. The number of carboxylic acids is 1. The number of carbonyl (C=O) groups excluding carboxylic acids is 1. The van der Waals surface area contributed by atoms with Crippen LogP contribution in [0, 0.1) is 5.82 Å². The van der Waals surface area contributed by atoms with Crippen molar-refractivity contribution in [2.75, 3.05) is 0 Å². The van der Waals surface area contributed by atoms with E-state index in [9.17, 15) is 37.4 Å². The fourth-order valence-corrected chi connectivity index (χ4v) is 4.25. The molecule has 0 fully saturated rings. The SMILES string of the molecule is CC(C)c1c(C(=O)NCc2ccc(C(F)(F)F)cn2)nn(-c2ccc(F)cc2)c1CC[C@@H](O)C[C@@H](O)CC(=O)O.[NaH]. The van der Waals surface area contributed by atoms with Crippen molar-refractivity contribution in [1.82, 2.24) is 20.1 Å². The number of benzene rings is 1. The van der Waals surface area contributed by atoms with Gasteiger partial charge in [0.2, 0.25) is 0 Å². The van der Waals surface area contributed by atoms with Gasteiger partial charge in [-0.3, -0.25) is 14.6 Å². The molecule has 2 aromatic heterocycles. The summed E-state index contributed by atoms with van der Waals surface area (Å²) in [6.45, 7) is 3.50. The Hall–Kier alpha value is -2.84. The topological polar surface area (TPSA) is 138 Å². The van der Waals surface area contributed by atoms with Gasteiger partial charge in [0, 0.05) is 17.5 Å². The Bertz CT molecular complexity index is 1310. The maximum atomic E-state index is 13.6. The zero-order chi connectivity index (χ0) is 29.6. The molecule has 2 atom stereocenters. The van der Waals surface area contributed by atoms with Gasteiger partial charge in [0.05, 0.1) is 42.1 Å². The third-order valence-corrected chi connectivity index (χ3v) is 6.14. The van der Waals surface area contributed by atoms with E-state index >= 15 is 0 Å². The normalized spacial score (nSPS) is 13.0. The van der Waals surface area contributed by atoms with E-state index in [1.165, 1.54) is 28.9 Å². The monoisotopic (exact) mass is 590 g/mol. The van der Waals surface area contributed by atoms with Crippen LogP contribution in [0.25, 0.3) is 5.69 Å². The molecule has 3 rings (SSSR count). The van der Waals surface area contributed by atoms with Crippen LogP contribution in [0.3, 0.4) is 0 Å². The van der Waals surface area contributed by atoms with Gasteiger partial charge >= 0.3 is 41.7 Å². The summed E-state index contributed by atoms with van der Waals surface area (Å²) in [4.78, 5) is 27.8. The van der Waals surface area contributed by atoms with E-state index in [1.54, 1.807) is 0 Å². The number of carboxylic acid groups (broad SMARTS) is 1. The fraction of sp³-hybridized carbons (Fsp3) is 0.407. The summed E-state index contributed by atoms with van der Waals surface area (Å²) in [7, 11) is 0. The number of rotatable bonds is 12. The van der Waals surface area contributed by atoms with Crippen molar-refractivity contribution in [3.8, 4) is 5.69 Å². The number of hydrogen-bond acceptors (Lipinski definition) is 6. The van der Waals surface area contributed by atoms with Gasteiger partial charge in [-0.25, -0.2) is 9.07 Å². The molecule has 14 heteroatoms. The molecule has 1 amide bonds. The Labute approximate surface area is 255 Å². The zero-order valence-electron chi connectivity index (χ0n) is 21.8. The van der Waals surface area contributed by atoms with Crippen LogP contribution in [0.15, 0.2) is 42.6 Å². The van der Waals surface area contributed by atoms with E-state index in [0.717, 1.165) is 12.1 Å². The van der Waals surface area contributed by atoms with Crippen LogP contribution >= 0.6 is 0 Å². The Morgan fingerprint density at radius 3 is 2.24 bits per heavy atom. The Morgan fingerprint density at radius 2 is 1.71 bits per heavy atom. The average molecular weight is 591 g/mol. The van der Waals surface area contributed by atoms with E-state index < -0.39 is 48.1 Å². The molecular formula is C27H31F4N4NaO5. The summed E-state index contributed by atoms with van der Waals surface area (Å²) in [5.41, 5.74) is 0.870. The van der Waals surface area contributed by atoms with Gasteiger partial charge in [0.1, 0.15) is 5.82 Å². The summed E-state index contributed by atoms with van der Waals surface area (Å²) >= 11 is 0. The molecule has 218 valence electrons. The van der Waals surface area contributed by atoms with Gasteiger partial charge in [-0.1, -0.05) is 13.8 Å². The quantitative estimate of drug-likeness (QED) is 0.188. The molecule has 3 aromatic rings. The van der Waals surface area contributed by atoms with Crippen molar-refractivity contribution in [2.45, 2.75) is 70.4 Å². The van der Waals surface area contributed by atoms with Gasteiger partial charge in [-0.2, -0.15) is 18.3 Å². The van der Waals surface area contributed by atoms with Crippen LogP contribution in [0.4, 0.5) is 17.6 Å². The number of pyridine rings is 1. The molecule has 0 aliphatic rings. The van der Waals surface area contributed by atoms with Crippen molar-refractivity contribution >= 4 is 41.4 Å². The zero-order valence-corrected chi connectivity index (χ0v) is 21.8. The molecule has 0 aliphatic heterocycles. The summed E-state index contributed by atoms with van der Waals surface area (Å²) in [6.07, 6.45) is -6.52. The molecule has 0 spiro atoms. The van der Waals surface area contributed by atoms with E-state index in [1.807, 2.05) is 13.8 Å². The number of nitrogens with zero attached hydrogens (tertiary/aromatic N) is 3. The molecule has 0 saturated carbocycles. The molecule has 41 heavy (non-hydrogen) atoms. The molecule has 0 unspecified atom stereocenters. The number of halogens is 4. The number of alkyl halides is 3. The summed E-state index contributed by atoms with van der Waals surface area (Å²) in [6, 6.07) is 7.42. The van der Waals surface area contributed by atoms with E-state index in [4.69, 9.17) is 5.11 Å². The summed E-state index contributed by atoms with van der Waals surface area (Å²) < 4.78 is 53.5. The number of carbonyl (C=O) groups is 2. The summed E-state index contributed by atoms with van der Waals surface area (Å²) in [5, 5.41) is 36.2. The van der Waals surface area contributed by atoms with E-state index in [0.29, 0.717) is 23.1 Å². The molecule has 4 N–H and O–H groups in total. The Kier molecular flexibility index (Phi) is 12.5. The minimum absolute atomic E-state index is 0. The second kappa shape index (κ2) is 14.9. The van der Waals surface area contributed by atoms with Crippen LogP contribution in [-0.2, 0) is 23.9 Å². The first-order chi connectivity index (χ1) is 18.8. The summed E-state index contributed by atoms with van der Waals surface area (Å²) in [5.74, 6) is -2.52. The Balaban J connectivity index is 0.00000588. The number of hydrogen-bond donors (Lipinski definition) is 4. The third kappa shape index (κ3) is 9.60. The van der Waals surface area contributed by atoms with Crippen LogP contribution in [0.5, 0.6) is 0 Å². The van der Waals surface area contributed by atoms with Crippen LogP contribution < -0.4 is 5.32 Å².